The topological polar surface area (TPSA) is 95.1 Å². The lowest BCUT2D eigenvalue weighted by Crippen LogP contribution is -2.27. The molecular weight excluding hydrogens is 382 g/mol. The molecule has 0 radical (unpaired) electrons. The van der Waals surface area contributed by atoms with Gasteiger partial charge in [0.1, 0.15) is 0 Å². The average Bonchev–Trinajstić information content (AvgIpc) is 3.47. The molecule has 30 heavy (non-hydrogen) atoms. The summed E-state index contributed by atoms with van der Waals surface area (Å²) in [4.78, 5) is 17.3. The number of benzene rings is 1. The highest BCUT2D eigenvalue weighted by Crippen LogP contribution is 2.34. The highest BCUT2D eigenvalue weighted by molar-refractivity contribution is 5.95. The number of nitrogens with zero attached hydrogens (tertiary/aromatic N) is 4. The van der Waals surface area contributed by atoms with Gasteiger partial charge in [-0.3, -0.25) is 9.48 Å². The van der Waals surface area contributed by atoms with Crippen LogP contribution in [0.3, 0.4) is 0 Å². The molecule has 1 atom stereocenters. The van der Waals surface area contributed by atoms with E-state index < -0.39 is 0 Å². The number of hydrogen-bond acceptors (Lipinski definition) is 6. The SMILES string of the molecule is CCc1nc(-c2ccc3c(c2)CC[C@H]3NC(=O)c2cnn(CCCOC)c2C)no1. The highest BCUT2D eigenvalue weighted by atomic mass is 16.5. The zero-order valence-corrected chi connectivity index (χ0v) is 17.6. The number of carbonyl (C=O) groups is 1. The number of rotatable bonds is 8. The van der Waals surface area contributed by atoms with Gasteiger partial charge in [-0.2, -0.15) is 10.1 Å². The zero-order chi connectivity index (χ0) is 21.1. The molecule has 0 aliphatic heterocycles. The van der Waals surface area contributed by atoms with Crippen LogP contribution in [0.5, 0.6) is 0 Å². The molecule has 0 bridgehead atoms. The third kappa shape index (κ3) is 4.00. The van der Waals surface area contributed by atoms with E-state index in [2.05, 4.69) is 32.7 Å². The van der Waals surface area contributed by atoms with Gasteiger partial charge in [-0.15, -0.1) is 0 Å². The van der Waals surface area contributed by atoms with Gasteiger partial charge < -0.3 is 14.6 Å². The number of amides is 1. The maximum absolute atomic E-state index is 12.9. The molecule has 1 amide bonds. The fraction of sp³-hybridized carbons (Fsp3) is 0.455. The summed E-state index contributed by atoms with van der Waals surface area (Å²) in [6.07, 6.45) is 5.00. The first-order valence-corrected chi connectivity index (χ1v) is 10.4. The summed E-state index contributed by atoms with van der Waals surface area (Å²) < 4.78 is 12.2. The van der Waals surface area contributed by atoms with Gasteiger partial charge in [0.15, 0.2) is 0 Å². The minimum Gasteiger partial charge on any atom is -0.385 e. The normalized spacial score (nSPS) is 15.4. The van der Waals surface area contributed by atoms with Crippen molar-refractivity contribution in [2.24, 2.45) is 0 Å². The van der Waals surface area contributed by atoms with Crippen LogP contribution >= 0.6 is 0 Å². The second-order valence-electron chi connectivity index (χ2n) is 7.56. The van der Waals surface area contributed by atoms with Gasteiger partial charge in [0.05, 0.1) is 17.8 Å². The van der Waals surface area contributed by atoms with Crippen molar-refractivity contribution in [3.05, 3.63) is 52.7 Å². The van der Waals surface area contributed by atoms with E-state index in [1.807, 2.05) is 24.6 Å². The first kappa shape index (κ1) is 20.3. The van der Waals surface area contributed by atoms with Crippen LogP contribution < -0.4 is 5.32 Å². The Morgan fingerprint density at radius 2 is 2.27 bits per heavy atom. The van der Waals surface area contributed by atoms with Gasteiger partial charge in [0, 0.05) is 37.9 Å². The van der Waals surface area contributed by atoms with Gasteiger partial charge in [0.2, 0.25) is 11.7 Å². The van der Waals surface area contributed by atoms with Crippen LogP contribution in [0.15, 0.2) is 28.9 Å². The van der Waals surface area contributed by atoms with E-state index >= 15 is 0 Å². The Balaban J connectivity index is 1.45. The van der Waals surface area contributed by atoms with E-state index in [4.69, 9.17) is 9.26 Å². The molecule has 1 aromatic carbocycles. The molecule has 2 heterocycles. The largest absolute Gasteiger partial charge is 0.385 e. The molecule has 0 saturated heterocycles. The predicted molar refractivity (Wildman–Crippen MR) is 111 cm³/mol. The van der Waals surface area contributed by atoms with Crippen LogP contribution in [0.4, 0.5) is 0 Å². The third-order valence-corrected chi connectivity index (χ3v) is 5.62. The number of nitrogens with one attached hydrogen (secondary N) is 1. The number of aryl methyl sites for hydroxylation is 3. The number of fused-ring (bicyclic) bond motifs is 1. The Morgan fingerprint density at radius 1 is 1.40 bits per heavy atom. The monoisotopic (exact) mass is 409 g/mol. The quantitative estimate of drug-likeness (QED) is 0.574. The summed E-state index contributed by atoms with van der Waals surface area (Å²) in [5, 5.41) is 11.6. The van der Waals surface area contributed by atoms with Gasteiger partial charge in [0.25, 0.3) is 5.91 Å². The molecule has 3 aromatic rings. The maximum atomic E-state index is 12.9. The van der Waals surface area contributed by atoms with Crippen molar-refractivity contribution in [1.29, 1.82) is 0 Å². The van der Waals surface area contributed by atoms with Crippen LogP contribution in [0.25, 0.3) is 11.4 Å². The minimum absolute atomic E-state index is 0.00531. The molecule has 1 aliphatic rings. The Hall–Kier alpha value is -3.00. The fourth-order valence-corrected chi connectivity index (χ4v) is 3.91. The van der Waals surface area contributed by atoms with Crippen LogP contribution in [0, 0.1) is 6.92 Å². The number of ether oxygens (including phenoxy) is 1. The van der Waals surface area contributed by atoms with Crippen molar-refractivity contribution < 1.29 is 14.1 Å². The Labute approximate surface area is 175 Å². The fourth-order valence-electron chi connectivity index (χ4n) is 3.91. The number of hydrogen-bond donors (Lipinski definition) is 1. The van der Waals surface area contributed by atoms with Gasteiger partial charge in [-0.05, 0) is 43.4 Å². The second-order valence-corrected chi connectivity index (χ2v) is 7.56. The van der Waals surface area contributed by atoms with E-state index in [0.29, 0.717) is 30.3 Å². The molecule has 0 unspecified atom stereocenters. The summed E-state index contributed by atoms with van der Waals surface area (Å²) in [5.41, 5.74) is 4.80. The molecule has 4 rings (SSSR count). The predicted octanol–water partition coefficient (Wildman–Crippen LogP) is 3.26. The molecule has 0 fully saturated rings. The molecule has 0 saturated carbocycles. The smallest absolute Gasteiger partial charge is 0.255 e. The number of aromatic nitrogens is 4. The van der Waals surface area contributed by atoms with Crippen molar-refractivity contribution in [1.82, 2.24) is 25.2 Å². The van der Waals surface area contributed by atoms with Crippen LogP contribution in [0.1, 0.15) is 58.9 Å². The summed E-state index contributed by atoms with van der Waals surface area (Å²) in [6.45, 7) is 5.32. The lowest BCUT2D eigenvalue weighted by molar-refractivity contribution is 0.0936. The number of carbonyl (C=O) groups excluding carboxylic acids is 1. The molecule has 2 aromatic heterocycles. The first-order valence-electron chi connectivity index (χ1n) is 10.4. The van der Waals surface area contributed by atoms with E-state index in [1.54, 1.807) is 13.3 Å². The van der Waals surface area contributed by atoms with Gasteiger partial charge in [-0.1, -0.05) is 24.2 Å². The van der Waals surface area contributed by atoms with Crippen LogP contribution in [0.2, 0.25) is 0 Å². The van der Waals surface area contributed by atoms with Gasteiger partial charge >= 0.3 is 0 Å². The van der Waals surface area contributed by atoms with E-state index in [9.17, 15) is 4.79 Å². The van der Waals surface area contributed by atoms with Gasteiger partial charge in [-0.25, -0.2) is 0 Å². The zero-order valence-electron chi connectivity index (χ0n) is 17.6. The van der Waals surface area contributed by atoms with Crippen LogP contribution in [-0.2, 0) is 24.1 Å². The van der Waals surface area contributed by atoms with Crippen molar-refractivity contribution in [3.63, 3.8) is 0 Å². The molecule has 8 heteroatoms. The molecule has 0 spiro atoms. The summed E-state index contributed by atoms with van der Waals surface area (Å²) in [7, 11) is 1.68. The van der Waals surface area contributed by atoms with E-state index in [1.165, 1.54) is 5.56 Å². The minimum atomic E-state index is -0.0850. The Bertz CT molecular complexity index is 1040. The maximum Gasteiger partial charge on any atom is 0.255 e. The lowest BCUT2D eigenvalue weighted by atomic mass is 10.0. The molecule has 8 nitrogen and oxygen atoms in total. The Kier molecular flexibility index (Phi) is 5.94. The molecular formula is C22H27N5O3. The molecule has 1 N–H and O–H groups in total. The molecule has 158 valence electrons. The number of methoxy groups -OCH3 is 1. The third-order valence-electron chi connectivity index (χ3n) is 5.62. The first-order chi connectivity index (χ1) is 14.6. The summed E-state index contributed by atoms with van der Waals surface area (Å²) in [6, 6.07) is 6.15. The van der Waals surface area contributed by atoms with Crippen molar-refractivity contribution in [2.45, 2.75) is 52.1 Å². The van der Waals surface area contributed by atoms with E-state index in [-0.39, 0.29) is 11.9 Å². The average molecular weight is 409 g/mol. The summed E-state index contributed by atoms with van der Waals surface area (Å²) >= 11 is 0. The van der Waals surface area contributed by atoms with Crippen molar-refractivity contribution in [2.75, 3.05) is 13.7 Å². The van der Waals surface area contributed by atoms with E-state index in [0.717, 1.165) is 42.6 Å². The van der Waals surface area contributed by atoms with Crippen molar-refractivity contribution in [3.8, 4) is 11.4 Å². The van der Waals surface area contributed by atoms with Crippen molar-refractivity contribution >= 4 is 5.91 Å². The second kappa shape index (κ2) is 8.79. The Morgan fingerprint density at radius 3 is 3.03 bits per heavy atom. The standard InChI is InChI=1S/C22H27N5O3/c1-4-20-25-21(26-30-20)16-6-8-17-15(12-16)7-9-19(17)24-22(28)18-13-23-27(14(18)2)10-5-11-29-3/h6,8,12-13,19H,4-5,7,9-11H2,1-3H3,(H,24,28)/t19-/m1/s1. The lowest BCUT2D eigenvalue weighted by Gasteiger charge is -2.14. The summed E-state index contributed by atoms with van der Waals surface area (Å²) in [5.74, 6) is 1.16. The highest BCUT2D eigenvalue weighted by Gasteiger charge is 2.26. The molecule has 1 aliphatic carbocycles. The van der Waals surface area contributed by atoms with Crippen LogP contribution in [-0.4, -0.2) is 39.5 Å².